The molecule has 0 spiro atoms. The molecule has 104 valence electrons. The van der Waals surface area contributed by atoms with Gasteiger partial charge in [-0.3, -0.25) is 4.68 Å². The van der Waals surface area contributed by atoms with Crippen molar-refractivity contribution in [3.05, 3.63) is 46.0 Å². The summed E-state index contributed by atoms with van der Waals surface area (Å²) in [5, 5.41) is 4.39. The number of aromatic nitrogens is 4. The molecule has 0 aliphatic heterocycles. The van der Waals surface area contributed by atoms with Crippen molar-refractivity contribution in [1.82, 2.24) is 19.3 Å². The van der Waals surface area contributed by atoms with Gasteiger partial charge in [0.05, 0.1) is 29.2 Å². The van der Waals surface area contributed by atoms with Gasteiger partial charge in [0.15, 0.2) is 0 Å². The van der Waals surface area contributed by atoms with Crippen LogP contribution in [0.1, 0.15) is 17.1 Å². The fourth-order valence-corrected chi connectivity index (χ4v) is 2.95. The van der Waals surface area contributed by atoms with Gasteiger partial charge in [0.2, 0.25) is 0 Å². The summed E-state index contributed by atoms with van der Waals surface area (Å²) in [5.41, 5.74) is 4.26. The van der Waals surface area contributed by atoms with Gasteiger partial charge in [-0.05, 0) is 25.1 Å². The topological polar surface area (TPSA) is 35.6 Å². The fourth-order valence-electron chi connectivity index (χ4n) is 2.40. The van der Waals surface area contributed by atoms with Gasteiger partial charge in [0.25, 0.3) is 0 Å². The molecular weight excluding hydrogens is 340 g/mol. The normalized spacial score (nSPS) is 11.4. The molecule has 6 heteroatoms. The zero-order valence-electron chi connectivity index (χ0n) is 11.3. The van der Waals surface area contributed by atoms with Crippen molar-refractivity contribution in [2.75, 3.05) is 0 Å². The first-order valence-electron chi connectivity index (χ1n) is 6.28. The zero-order chi connectivity index (χ0) is 14.3. The number of hydrogen-bond donors (Lipinski definition) is 0. The lowest BCUT2D eigenvalue weighted by Gasteiger charge is -2.07. The van der Waals surface area contributed by atoms with Crippen LogP contribution in [0.2, 0.25) is 0 Å². The number of benzene rings is 1. The largest absolute Gasteiger partial charge is 0.322 e. The van der Waals surface area contributed by atoms with Crippen LogP contribution in [0.15, 0.2) is 28.9 Å². The van der Waals surface area contributed by atoms with Gasteiger partial charge >= 0.3 is 0 Å². The number of rotatable bonds is 3. The molecule has 20 heavy (non-hydrogen) atoms. The highest BCUT2D eigenvalue weighted by Gasteiger charge is 2.13. The molecule has 2 heterocycles. The molecule has 0 unspecified atom stereocenters. The second-order valence-corrected chi connectivity index (χ2v) is 5.98. The summed E-state index contributed by atoms with van der Waals surface area (Å²) < 4.78 is 5.02. The van der Waals surface area contributed by atoms with Crippen molar-refractivity contribution >= 4 is 38.6 Å². The highest BCUT2D eigenvalue weighted by Crippen LogP contribution is 2.23. The molecule has 0 atom stereocenters. The van der Waals surface area contributed by atoms with Gasteiger partial charge in [-0.15, -0.1) is 11.6 Å². The summed E-state index contributed by atoms with van der Waals surface area (Å²) in [6, 6.07) is 6.07. The molecule has 4 nitrogen and oxygen atoms in total. The van der Waals surface area contributed by atoms with E-state index in [1.54, 1.807) is 0 Å². The lowest BCUT2D eigenvalue weighted by atomic mass is 10.2. The minimum absolute atomic E-state index is 0.394. The Morgan fingerprint density at radius 1 is 1.35 bits per heavy atom. The average Bonchev–Trinajstić information content (AvgIpc) is 2.91. The number of halogens is 2. The van der Waals surface area contributed by atoms with E-state index in [0.717, 1.165) is 33.6 Å². The van der Waals surface area contributed by atoms with Crippen molar-refractivity contribution in [2.45, 2.75) is 19.3 Å². The van der Waals surface area contributed by atoms with Crippen molar-refractivity contribution in [1.29, 1.82) is 0 Å². The molecule has 0 saturated heterocycles. The Morgan fingerprint density at radius 3 is 2.80 bits per heavy atom. The van der Waals surface area contributed by atoms with Crippen molar-refractivity contribution < 1.29 is 0 Å². The van der Waals surface area contributed by atoms with E-state index in [4.69, 9.17) is 11.6 Å². The summed E-state index contributed by atoms with van der Waals surface area (Å²) in [6.07, 6.45) is 2.04. The minimum Gasteiger partial charge on any atom is -0.322 e. The second kappa shape index (κ2) is 5.22. The minimum atomic E-state index is 0.394. The van der Waals surface area contributed by atoms with Crippen LogP contribution >= 0.6 is 27.5 Å². The van der Waals surface area contributed by atoms with E-state index < -0.39 is 0 Å². The molecule has 0 N–H and O–H groups in total. The van der Waals surface area contributed by atoms with E-state index in [1.807, 2.05) is 37.0 Å². The summed E-state index contributed by atoms with van der Waals surface area (Å²) in [4.78, 5) is 4.59. The maximum Gasteiger partial charge on any atom is 0.125 e. The Kier molecular flexibility index (Phi) is 3.56. The second-order valence-electron chi connectivity index (χ2n) is 4.79. The van der Waals surface area contributed by atoms with Crippen LogP contribution in [0.4, 0.5) is 0 Å². The summed E-state index contributed by atoms with van der Waals surface area (Å²) in [6.45, 7) is 2.75. The SMILES string of the molecule is Cc1nn(C)cc1Cn1c(CCl)nc2ccc(Br)cc21. The molecule has 0 fully saturated rings. The van der Waals surface area contributed by atoms with Crippen LogP contribution in [0.25, 0.3) is 11.0 Å². The van der Waals surface area contributed by atoms with Crippen molar-refractivity contribution in [3.63, 3.8) is 0 Å². The summed E-state index contributed by atoms with van der Waals surface area (Å²) in [5.74, 6) is 1.27. The van der Waals surface area contributed by atoms with Crippen molar-refractivity contribution in [2.24, 2.45) is 7.05 Å². The quantitative estimate of drug-likeness (QED) is 0.674. The predicted octanol–water partition coefficient (Wildman–Crippen LogP) is 3.63. The van der Waals surface area contributed by atoms with Gasteiger partial charge in [-0.25, -0.2) is 4.98 Å². The lowest BCUT2D eigenvalue weighted by molar-refractivity contribution is 0.754. The highest BCUT2D eigenvalue weighted by molar-refractivity contribution is 9.10. The fraction of sp³-hybridized carbons (Fsp3) is 0.286. The monoisotopic (exact) mass is 352 g/mol. The highest BCUT2D eigenvalue weighted by atomic mass is 79.9. The molecule has 0 aliphatic carbocycles. The van der Waals surface area contributed by atoms with Crippen LogP contribution in [0.5, 0.6) is 0 Å². The van der Waals surface area contributed by atoms with E-state index in [2.05, 4.69) is 36.6 Å². The van der Waals surface area contributed by atoms with E-state index in [1.165, 1.54) is 5.56 Å². The van der Waals surface area contributed by atoms with Crippen LogP contribution < -0.4 is 0 Å². The Bertz CT molecular complexity index is 775. The van der Waals surface area contributed by atoms with E-state index in [-0.39, 0.29) is 0 Å². The first-order valence-corrected chi connectivity index (χ1v) is 7.61. The molecule has 0 radical (unpaired) electrons. The van der Waals surface area contributed by atoms with E-state index in [9.17, 15) is 0 Å². The molecule has 1 aromatic carbocycles. The molecular formula is C14H14BrClN4. The number of aryl methyl sites for hydroxylation is 2. The van der Waals surface area contributed by atoms with Crippen molar-refractivity contribution in [3.8, 4) is 0 Å². The Hall–Kier alpha value is -1.33. The Balaban J connectivity index is 2.13. The third-order valence-electron chi connectivity index (χ3n) is 3.35. The average molecular weight is 354 g/mol. The molecule has 2 aromatic heterocycles. The maximum atomic E-state index is 6.04. The third kappa shape index (κ3) is 2.36. The van der Waals surface area contributed by atoms with Gasteiger partial charge in [0, 0.05) is 23.3 Å². The van der Waals surface area contributed by atoms with Crippen LogP contribution in [-0.4, -0.2) is 19.3 Å². The molecule has 0 saturated carbocycles. The molecule has 3 aromatic rings. The first kappa shape index (κ1) is 13.6. The number of imidazole rings is 1. The summed E-state index contributed by atoms with van der Waals surface area (Å²) >= 11 is 9.55. The van der Waals surface area contributed by atoms with Gasteiger partial charge < -0.3 is 4.57 Å². The van der Waals surface area contributed by atoms with Crippen LogP contribution in [-0.2, 0) is 19.5 Å². The predicted molar refractivity (Wildman–Crippen MR) is 84.0 cm³/mol. The van der Waals surface area contributed by atoms with Gasteiger partial charge in [-0.2, -0.15) is 5.10 Å². The van der Waals surface area contributed by atoms with Crippen LogP contribution in [0, 0.1) is 6.92 Å². The first-order chi connectivity index (χ1) is 9.58. The molecule has 0 amide bonds. The lowest BCUT2D eigenvalue weighted by Crippen LogP contribution is -2.04. The maximum absolute atomic E-state index is 6.04. The van der Waals surface area contributed by atoms with E-state index >= 15 is 0 Å². The van der Waals surface area contributed by atoms with Gasteiger partial charge in [0.1, 0.15) is 5.82 Å². The van der Waals surface area contributed by atoms with Gasteiger partial charge in [-0.1, -0.05) is 15.9 Å². The number of hydrogen-bond acceptors (Lipinski definition) is 2. The Morgan fingerprint density at radius 2 is 2.15 bits per heavy atom. The van der Waals surface area contributed by atoms with Crippen LogP contribution in [0.3, 0.4) is 0 Å². The standard InChI is InChI=1S/C14H14BrClN4/c1-9-10(7-19(2)18-9)8-20-13-5-11(15)3-4-12(13)17-14(20)6-16/h3-5,7H,6,8H2,1-2H3. The Labute approximate surface area is 130 Å². The number of fused-ring (bicyclic) bond motifs is 1. The third-order valence-corrected chi connectivity index (χ3v) is 4.08. The summed E-state index contributed by atoms with van der Waals surface area (Å²) in [7, 11) is 1.93. The smallest absolute Gasteiger partial charge is 0.125 e. The molecule has 3 rings (SSSR count). The van der Waals surface area contributed by atoms with E-state index in [0.29, 0.717) is 5.88 Å². The number of alkyl halides is 1. The molecule has 0 aliphatic rings. The zero-order valence-corrected chi connectivity index (χ0v) is 13.6. The number of nitrogens with zero attached hydrogens (tertiary/aromatic N) is 4. The molecule has 0 bridgehead atoms.